The van der Waals surface area contributed by atoms with Gasteiger partial charge in [-0.2, -0.15) is 0 Å². The molecule has 30 heavy (non-hydrogen) atoms. The predicted molar refractivity (Wildman–Crippen MR) is 122 cm³/mol. The molecule has 3 nitrogen and oxygen atoms in total. The number of carbonyl (C=O) groups excluding carboxylic acids is 1. The van der Waals surface area contributed by atoms with Crippen molar-refractivity contribution in [2.75, 3.05) is 13.1 Å². The first-order valence-corrected chi connectivity index (χ1v) is 11.0. The maximum absolute atomic E-state index is 14.0. The van der Waals surface area contributed by atoms with E-state index in [0.717, 1.165) is 16.7 Å². The molecule has 0 N–H and O–H groups in total. The topological polar surface area (TPSA) is 32.7 Å². The predicted octanol–water partition coefficient (Wildman–Crippen LogP) is 5.82. The zero-order valence-corrected chi connectivity index (χ0v) is 17.8. The minimum absolute atomic E-state index is 0.00848. The first-order chi connectivity index (χ1) is 14.6. The van der Waals surface area contributed by atoms with Crippen LogP contribution >= 0.6 is 23.4 Å². The van der Waals surface area contributed by atoms with Gasteiger partial charge in [-0.1, -0.05) is 84.0 Å². The van der Waals surface area contributed by atoms with E-state index in [-0.39, 0.29) is 11.7 Å². The lowest BCUT2D eigenvalue weighted by Gasteiger charge is -2.18. The van der Waals surface area contributed by atoms with Crippen LogP contribution in [0.2, 0.25) is 5.02 Å². The second kappa shape index (κ2) is 9.45. The van der Waals surface area contributed by atoms with Crippen LogP contribution in [0.4, 0.5) is 4.39 Å². The molecule has 0 spiro atoms. The first kappa shape index (κ1) is 20.6. The van der Waals surface area contributed by atoms with E-state index in [9.17, 15) is 9.18 Å². The molecule has 0 radical (unpaired) electrons. The summed E-state index contributed by atoms with van der Waals surface area (Å²) in [5, 5.41) is 1.01. The number of nitrogens with zero attached hydrogens (tertiary/aromatic N) is 2. The number of aliphatic imine (C=N–C) groups is 1. The smallest absolute Gasteiger partial charge is 0.233 e. The average molecular weight is 439 g/mol. The molecule has 1 aliphatic heterocycles. The minimum atomic E-state index is -0.343. The molecule has 0 saturated heterocycles. The van der Waals surface area contributed by atoms with Crippen molar-refractivity contribution in [3.05, 3.63) is 94.8 Å². The molecule has 0 atom stereocenters. The molecular formula is C24H20ClFN2OS. The van der Waals surface area contributed by atoms with Crippen LogP contribution in [0.25, 0.3) is 11.1 Å². The van der Waals surface area contributed by atoms with Gasteiger partial charge in [-0.3, -0.25) is 14.7 Å². The standard InChI is InChI=1S/C24H20ClFN2OS/c25-21-7-4-8-22(26)20(21)16-30-24-27-13-14-28(24)23(29)15-17-9-11-19(12-10-17)18-5-2-1-3-6-18/h1-12H,13-16H2. The molecule has 3 aromatic rings. The molecule has 1 heterocycles. The monoisotopic (exact) mass is 438 g/mol. The Bertz CT molecular complexity index is 1050. The highest BCUT2D eigenvalue weighted by Gasteiger charge is 2.24. The molecule has 6 heteroatoms. The zero-order valence-electron chi connectivity index (χ0n) is 16.2. The summed E-state index contributed by atoms with van der Waals surface area (Å²) < 4.78 is 14.0. The van der Waals surface area contributed by atoms with Crippen LogP contribution in [0, 0.1) is 5.82 Å². The summed E-state index contributed by atoms with van der Waals surface area (Å²) in [6.45, 7) is 1.11. The van der Waals surface area contributed by atoms with Crippen molar-refractivity contribution in [1.29, 1.82) is 0 Å². The van der Waals surface area contributed by atoms with E-state index in [1.807, 2.05) is 42.5 Å². The fraction of sp³-hybridized carbons (Fsp3) is 0.167. The quantitative estimate of drug-likeness (QED) is 0.502. The number of hydrogen-bond donors (Lipinski definition) is 0. The van der Waals surface area contributed by atoms with E-state index < -0.39 is 0 Å². The Morgan fingerprint density at radius 1 is 1.00 bits per heavy atom. The number of rotatable bonds is 5. The van der Waals surface area contributed by atoms with Crippen molar-refractivity contribution < 1.29 is 9.18 Å². The molecule has 0 aromatic heterocycles. The molecular weight excluding hydrogens is 419 g/mol. The van der Waals surface area contributed by atoms with E-state index in [4.69, 9.17) is 11.6 Å². The van der Waals surface area contributed by atoms with E-state index in [1.165, 1.54) is 17.8 Å². The fourth-order valence-electron chi connectivity index (χ4n) is 3.30. The van der Waals surface area contributed by atoms with Gasteiger partial charge in [0.15, 0.2) is 5.17 Å². The number of thioether (sulfide) groups is 1. The van der Waals surface area contributed by atoms with E-state index in [1.54, 1.807) is 17.0 Å². The van der Waals surface area contributed by atoms with Crippen molar-refractivity contribution in [3.63, 3.8) is 0 Å². The average Bonchev–Trinajstić information content (AvgIpc) is 3.23. The van der Waals surface area contributed by atoms with Crippen molar-refractivity contribution in [1.82, 2.24) is 4.90 Å². The second-order valence-corrected chi connectivity index (χ2v) is 8.29. The van der Waals surface area contributed by atoms with Gasteiger partial charge in [-0.25, -0.2) is 4.39 Å². The fourth-order valence-corrected chi connectivity index (χ4v) is 4.71. The Balaban J connectivity index is 1.39. The third kappa shape index (κ3) is 4.74. The maximum Gasteiger partial charge on any atom is 0.233 e. The Hall–Kier alpha value is -2.63. The lowest BCUT2D eigenvalue weighted by atomic mass is 10.0. The lowest BCUT2D eigenvalue weighted by molar-refractivity contribution is -0.126. The Morgan fingerprint density at radius 2 is 1.73 bits per heavy atom. The number of hydrogen-bond acceptors (Lipinski definition) is 3. The van der Waals surface area contributed by atoms with Crippen molar-refractivity contribution in [2.24, 2.45) is 4.99 Å². The van der Waals surface area contributed by atoms with Gasteiger partial charge in [0, 0.05) is 22.9 Å². The highest BCUT2D eigenvalue weighted by Crippen LogP contribution is 2.27. The SMILES string of the molecule is O=C(Cc1ccc(-c2ccccc2)cc1)N1CCN=C1SCc1c(F)cccc1Cl. The third-order valence-electron chi connectivity index (χ3n) is 4.93. The van der Waals surface area contributed by atoms with Gasteiger partial charge >= 0.3 is 0 Å². The van der Waals surface area contributed by atoms with Crippen LogP contribution in [-0.2, 0) is 17.0 Å². The molecule has 4 rings (SSSR count). The van der Waals surface area contributed by atoms with Crippen LogP contribution in [0.1, 0.15) is 11.1 Å². The Morgan fingerprint density at radius 3 is 2.47 bits per heavy atom. The molecule has 0 bridgehead atoms. The van der Waals surface area contributed by atoms with Crippen LogP contribution in [0.15, 0.2) is 77.8 Å². The summed E-state index contributed by atoms with van der Waals surface area (Å²) in [6, 6.07) is 22.8. The van der Waals surface area contributed by atoms with Crippen LogP contribution in [-0.4, -0.2) is 29.1 Å². The summed E-state index contributed by atoms with van der Waals surface area (Å²) >= 11 is 7.45. The summed E-state index contributed by atoms with van der Waals surface area (Å²) in [4.78, 5) is 19.0. The number of carbonyl (C=O) groups is 1. The highest BCUT2D eigenvalue weighted by molar-refractivity contribution is 8.13. The van der Waals surface area contributed by atoms with Crippen LogP contribution < -0.4 is 0 Å². The van der Waals surface area contributed by atoms with Crippen molar-refractivity contribution in [3.8, 4) is 11.1 Å². The van der Waals surface area contributed by atoms with E-state index in [0.29, 0.717) is 41.0 Å². The van der Waals surface area contributed by atoms with E-state index >= 15 is 0 Å². The molecule has 1 aliphatic rings. The first-order valence-electron chi connectivity index (χ1n) is 9.66. The molecule has 1 amide bonds. The van der Waals surface area contributed by atoms with Crippen molar-refractivity contribution >= 4 is 34.4 Å². The summed E-state index contributed by atoms with van der Waals surface area (Å²) in [7, 11) is 0. The number of amidine groups is 1. The van der Waals surface area contributed by atoms with Gasteiger partial charge in [0.05, 0.1) is 13.0 Å². The number of halogens is 2. The third-order valence-corrected chi connectivity index (χ3v) is 6.32. The highest BCUT2D eigenvalue weighted by atomic mass is 35.5. The van der Waals surface area contributed by atoms with Crippen LogP contribution in [0.5, 0.6) is 0 Å². The molecule has 0 aliphatic carbocycles. The summed E-state index contributed by atoms with van der Waals surface area (Å²) in [6.07, 6.45) is 0.301. The maximum atomic E-state index is 14.0. The van der Waals surface area contributed by atoms with Gasteiger partial charge in [0.2, 0.25) is 5.91 Å². The number of amides is 1. The van der Waals surface area contributed by atoms with Gasteiger partial charge < -0.3 is 0 Å². The van der Waals surface area contributed by atoms with Gasteiger partial charge in [0.1, 0.15) is 5.82 Å². The lowest BCUT2D eigenvalue weighted by Crippen LogP contribution is -2.34. The van der Waals surface area contributed by atoms with Crippen LogP contribution in [0.3, 0.4) is 0 Å². The molecule has 3 aromatic carbocycles. The second-order valence-electron chi connectivity index (χ2n) is 6.94. The summed E-state index contributed by atoms with van der Waals surface area (Å²) in [5.74, 6) is -0.0179. The normalized spacial score (nSPS) is 13.4. The van der Waals surface area contributed by atoms with Gasteiger partial charge in [0.25, 0.3) is 0 Å². The molecule has 0 fully saturated rings. The summed E-state index contributed by atoms with van der Waals surface area (Å²) in [5.41, 5.74) is 3.65. The zero-order chi connectivity index (χ0) is 20.9. The van der Waals surface area contributed by atoms with Gasteiger partial charge in [-0.05, 0) is 28.8 Å². The number of benzene rings is 3. The molecule has 152 valence electrons. The Kier molecular flexibility index (Phi) is 6.50. The van der Waals surface area contributed by atoms with Crippen molar-refractivity contribution in [2.45, 2.75) is 12.2 Å². The minimum Gasteiger partial charge on any atom is -0.289 e. The Labute approximate surface area is 184 Å². The van der Waals surface area contributed by atoms with Gasteiger partial charge in [-0.15, -0.1) is 0 Å². The largest absolute Gasteiger partial charge is 0.289 e. The van der Waals surface area contributed by atoms with E-state index in [2.05, 4.69) is 17.1 Å². The molecule has 0 saturated carbocycles. The molecule has 0 unspecified atom stereocenters.